The van der Waals surface area contributed by atoms with E-state index in [-0.39, 0.29) is 0 Å². The zero-order valence-corrected chi connectivity index (χ0v) is 9.55. The third-order valence-corrected chi connectivity index (χ3v) is 2.67. The van der Waals surface area contributed by atoms with Crippen LogP contribution in [0.1, 0.15) is 5.69 Å². The van der Waals surface area contributed by atoms with Crippen molar-refractivity contribution in [2.75, 3.05) is 0 Å². The Morgan fingerprint density at radius 3 is 2.53 bits per heavy atom. The van der Waals surface area contributed by atoms with Crippen LogP contribution in [-0.4, -0.2) is 9.97 Å². The molecule has 2 nitrogen and oxygen atoms in total. The number of aryl methyl sites for hydroxylation is 1. The minimum atomic E-state index is 0.462. The Balaban J connectivity index is 2.50. The Labute approximate surface area is 97.9 Å². The largest absolute Gasteiger partial charge is 0.259 e. The fraction of sp³-hybridized carbons (Fsp3) is 0.0909. The molecule has 0 bridgehead atoms. The molecule has 2 heterocycles. The summed E-state index contributed by atoms with van der Waals surface area (Å²) >= 11 is 11.8. The average Bonchev–Trinajstić information content (AvgIpc) is 2.22. The van der Waals surface area contributed by atoms with E-state index in [1.807, 2.05) is 19.1 Å². The first-order chi connectivity index (χ1) is 7.16. The van der Waals surface area contributed by atoms with Gasteiger partial charge in [0.15, 0.2) is 0 Å². The smallest absolute Gasteiger partial charge is 0.129 e. The predicted octanol–water partition coefficient (Wildman–Crippen LogP) is 3.76. The number of nitrogens with zero attached hydrogens (tertiary/aromatic N) is 2. The van der Waals surface area contributed by atoms with Gasteiger partial charge in [0.05, 0.1) is 10.7 Å². The molecule has 0 aromatic carbocycles. The molecule has 0 aliphatic rings. The summed E-state index contributed by atoms with van der Waals surface area (Å²) in [5, 5.41) is 1.12. The number of rotatable bonds is 1. The summed E-state index contributed by atoms with van der Waals surface area (Å²) in [6, 6.07) is 5.52. The molecule has 0 radical (unpaired) electrons. The maximum Gasteiger partial charge on any atom is 0.129 e. The summed E-state index contributed by atoms with van der Waals surface area (Å²) in [6.07, 6.45) is 3.43. The molecule has 0 fully saturated rings. The van der Waals surface area contributed by atoms with E-state index in [1.165, 1.54) is 0 Å². The minimum absolute atomic E-state index is 0.462. The minimum Gasteiger partial charge on any atom is -0.259 e. The van der Waals surface area contributed by atoms with Crippen molar-refractivity contribution in [2.24, 2.45) is 0 Å². The molecule has 0 aliphatic carbocycles. The van der Waals surface area contributed by atoms with Gasteiger partial charge in [0.2, 0.25) is 0 Å². The summed E-state index contributed by atoms with van der Waals surface area (Å²) in [5.41, 5.74) is 2.72. The van der Waals surface area contributed by atoms with Crippen molar-refractivity contribution in [1.82, 2.24) is 9.97 Å². The van der Waals surface area contributed by atoms with E-state index in [2.05, 4.69) is 9.97 Å². The molecule has 0 spiro atoms. The van der Waals surface area contributed by atoms with Crippen LogP contribution < -0.4 is 0 Å². The lowest BCUT2D eigenvalue weighted by Gasteiger charge is -2.03. The molecule has 0 saturated heterocycles. The topological polar surface area (TPSA) is 25.8 Å². The maximum atomic E-state index is 5.99. The van der Waals surface area contributed by atoms with Crippen LogP contribution in [-0.2, 0) is 0 Å². The maximum absolute atomic E-state index is 5.99. The Hall–Kier alpha value is -1.12. The van der Waals surface area contributed by atoms with Crippen molar-refractivity contribution in [1.29, 1.82) is 0 Å². The Bertz CT molecular complexity index is 498. The van der Waals surface area contributed by atoms with Crippen molar-refractivity contribution < 1.29 is 0 Å². The number of hydrogen-bond acceptors (Lipinski definition) is 2. The van der Waals surface area contributed by atoms with Gasteiger partial charge in [-0.2, -0.15) is 0 Å². The summed E-state index contributed by atoms with van der Waals surface area (Å²) in [4.78, 5) is 8.11. The van der Waals surface area contributed by atoms with Gasteiger partial charge in [0.25, 0.3) is 0 Å². The fourth-order valence-corrected chi connectivity index (χ4v) is 1.59. The van der Waals surface area contributed by atoms with E-state index < -0.39 is 0 Å². The summed E-state index contributed by atoms with van der Waals surface area (Å²) < 4.78 is 0. The van der Waals surface area contributed by atoms with Crippen molar-refractivity contribution in [3.8, 4) is 11.1 Å². The van der Waals surface area contributed by atoms with Gasteiger partial charge in [0.1, 0.15) is 5.15 Å². The summed E-state index contributed by atoms with van der Waals surface area (Å²) in [5.74, 6) is 0. The van der Waals surface area contributed by atoms with Crippen LogP contribution in [0.15, 0.2) is 30.6 Å². The standard InChI is InChI=1S/C11H8Cl2N2/c1-7-10(12)4-9(6-15-7)8-2-3-14-11(13)5-8/h2-6H,1H3. The van der Waals surface area contributed by atoms with Crippen molar-refractivity contribution in [3.05, 3.63) is 46.5 Å². The van der Waals surface area contributed by atoms with Crippen LogP contribution in [0, 0.1) is 6.92 Å². The van der Waals surface area contributed by atoms with Crippen LogP contribution >= 0.6 is 23.2 Å². The molecule has 2 rings (SSSR count). The zero-order chi connectivity index (χ0) is 10.8. The normalized spacial score (nSPS) is 10.3. The number of aromatic nitrogens is 2. The zero-order valence-electron chi connectivity index (χ0n) is 8.04. The molecule has 0 atom stereocenters. The van der Waals surface area contributed by atoms with Crippen LogP contribution in [0.25, 0.3) is 11.1 Å². The van der Waals surface area contributed by atoms with Crippen molar-refractivity contribution in [2.45, 2.75) is 6.92 Å². The van der Waals surface area contributed by atoms with Gasteiger partial charge in [-0.15, -0.1) is 0 Å². The molecule has 0 amide bonds. The molecule has 0 saturated carbocycles. The highest BCUT2D eigenvalue weighted by Crippen LogP contribution is 2.24. The van der Waals surface area contributed by atoms with E-state index >= 15 is 0 Å². The molecule has 2 aromatic rings. The van der Waals surface area contributed by atoms with Gasteiger partial charge in [-0.05, 0) is 30.7 Å². The first kappa shape index (κ1) is 10.4. The van der Waals surface area contributed by atoms with E-state index in [9.17, 15) is 0 Å². The van der Waals surface area contributed by atoms with Crippen molar-refractivity contribution >= 4 is 23.2 Å². The fourth-order valence-electron chi connectivity index (χ4n) is 1.25. The molecule has 15 heavy (non-hydrogen) atoms. The molecule has 0 unspecified atom stereocenters. The van der Waals surface area contributed by atoms with E-state index in [4.69, 9.17) is 23.2 Å². The SMILES string of the molecule is Cc1ncc(-c2ccnc(Cl)c2)cc1Cl. The van der Waals surface area contributed by atoms with E-state index in [0.717, 1.165) is 16.8 Å². The van der Waals surface area contributed by atoms with Gasteiger partial charge >= 0.3 is 0 Å². The lowest BCUT2D eigenvalue weighted by Crippen LogP contribution is -1.85. The molecule has 4 heteroatoms. The molecule has 0 aliphatic heterocycles. The highest BCUT2D eigenvalue weighted by atomic mass is 35.5. The third kappa shape index (κ3) is 2.28. The number of pyridine rings is 2. The van der Waals surface area contributed by atoms with Crippen LogP contribution in [0.4, 0.5) is 0 Å². The second-order valence-corrected chi connectivity index (χ2v) is 3.95. The quantitative estimate of drug-likeness (QED) is 0.708. The second-order valence-electron chi connectivity index (χ2n) is 3.16. The van der Waals surface area contributed by atoms with Crippen molar-refractivity contribution in [3.63, 3.8) is 0 Å². The van der Waals surface area contributed by atoms with E-state index in [0.29, 0.717) is 10.2 Å². The van der Waals surface area contributed by atoms with Gasteiger partial charge in [-0.1, -0.05) is 23.2 Å². The third-order valence-electron chi connectivity index (χ3n) is 2.09. The van der Waals surface area contributed by atoms with Crippen LogP contribution in [0.3, 0.4) is 0 Å². The number of hydrogen-bond donors (Lipinski definition) is 0. The predicted molar refractivity (Wildman–Crippen MR) is 62.2 cm³/mol. The Kier molecular flexibility index (Phi) is 2.89. The average molecular weight is 239 g/mol. The van der Waals surface area contributed by atoms with E-state index in [1.54, 1.807) is 18.5 Å². The first-order valence-corrected chi connectivity index (χ1v) is 5.16. The number of halogens is 2. The summed E-state index contributed by atoms with van der Waals surface area (Å²) in [6.45, 7) is 1.87. The van der Waals surface area contributed by atoms with Gasteiger partial charge < -0.3 is 0 Å². The van der Waals surface area contributed by atoms with Gasteiger partial charge in [-0.3, -0.25) is 4.98 Å². The van der Waals surface area contributed by atoms with Crippen LogP contribution in [0.2, 0.25) is 10.2 Å². The first-order valence-electron chi connectivity index (χ1n) is 4.41. The van der Waals surface area contributed by atoms with Gasteiger partial charge in [0, 0.05) is 18.0 Å². The highest BCUT2D eigenvalue weighted by molar-refractivity contribution is 6.31. The Morgan fingerprint density at radius 2 is 1.87 bits per heavy atom. The highest BCUT2D eigenvalue weighted by Gasteiger charge is 2.02. The van der Waals surface area contributed by atoms with Gasteiger partial charge in [-0.25, -0.2) is 4.98 Å². The molecule has 2 aromatic heterocycles. The second kappa shape index (κ2) is 4.17. The lowest BCUT2D eigenvalue weighted by atomic mass is 10.1. The van der Waals surface area contributed by atoms with Crippen LogP contribution in [0.5, 0.6) is 0 Å². The molecule has 76 valence electrons. The summed E-state index contributed by atoms with van der Waals surface area (Å²) in [7, 11) is 0. The molecular weight excluding hydrogens is 231 g/mol. The Morgan fingerprint density at radius 1 is 1.07 bits per heavy atom. The molecular formula is C11H8Cl2N2. The monoisotopic (exact) mass is 238 g/mol. The lowest BCUT2D eigenvalue weighted by molar-refractivity contribution is 1.20. The molecule has 0 N–H and O–H groups in total.